The Labute approximate surface area is 127 Å². The van der Waals surface area contributed by atoms with Crippen molar-refractivity contribution < 1.29 is 9.53 Å². The molecule has 0 atom stereocenters. The van der Waals surface area contributed by atoms with Gasteiger partial charge >= 0.3 is 5.97 Å². The molecule has 0 aliphatic heterocycles. The first kappa shape index (κ1) is 17.2. The molecule has 0 amide bonds. The van der Waals surface area contributed by atoms with Gasteiger partial charge in [0.2, 0.25) is 0 Å². The van der Waals surface area contributed by atoms with Crippen LogP contribution in [0.2, 0.25) is 0 Å². The number of benzene rings is 1. The van der Waals surface area contributed by atoms with Gasteiger partial charge in [-0.1, -0.05) is 44.2 Å². The van der Waals surface area contributed by atoms with Crippen molar-refractivity contribution in [2.45, 2.75) is 27.3 Å². The van der Waals surface area contributed by atoms with E-state index in [9.17, 15) is 4.79 Å². The molecular weight excluding hydrogens is 264 g/mol. The SMILES string of the molecule is C/C(N)=C\C(=O)OCC(C)(C)CN(C)Cc1ccccc1. The molecule has 21 heavy (non-hydrogen) atoms. The highest BCUT2D eigenvalue weighted by molar-refractivity contribution is 5.82. The first-order chi connectivity index (χ1) is 9.78. The van der Waals surface area contributed by atoms with Crippen molar-refractivity contribution in [1.82, 2.24) is 4.90 Å². The zero-order chi connectivity index (χ0) is 15.9. The van der Waals surface area contributed by atoms with Gasteiger partial charge in [0.1, 0.15) is 0 Å². The summed E-state index contributed by atoms with van der Waals surface area (Å²) in [6, 6.07) is 10.3. The zero-order valence-electron chi connectivity index (χ0n) is 13.4. The predicted octanol–water partition coefficient (Wildman–Crippen LogP) is 2.55. The first-order valence-electron chi connectivity index (χ1n) is 7.11. The first-order valence-corrected chi connectivity index (χ1v) is 7.11. The van der Waals surface area contributed by atoms with Crippen molar-refractivity contribution in [1.29, 1.82) is 0 Å². The van der Waals surface area contributed by atoms with Crippen molar-refractivity contribution >= 4 is 5.97 Å². The number of nitrogens with zero attached hydrogens (tertiary/aromatic N) is 1. The van der Waals surface area contributed by atoms with E-state index in [1.807, 2.05) is 18.2 Å². The maximum absolute atomic E-state index is 11.5. The average Bonchev–Trinajstić information content (AvgIpc) is 2.36. The smallest absolute Gasteiger partial charge is 0.332 e. The third-order valence-electron chi connectivity index (χ3n) is 2.94. The fourth-order valence-electron chi connectivity index (χ4n) is 2.22. The van der Waals surface area contributed by atoms with Crippen LogP contribution < -0.4 is 5.73 Å². The van der Waals surface area contributed by atoms with Crippen molar-refractivity contribution in [3.63, 3.8) is 0 Å². The highest BCUT2D eigenvalue weighted by Gasteiger charge is 2.22. The maximum Gasteiger partial charge on any atom is 0.332 e. The molecule has 1 aromatic rings. The van der Waals surface area contributed by atoms with E-state index in [1.54, 1.807) is 6.92 Å². The summed E-state index contributed by atoms with van der Waals surface area (Å²) >= 11 is 0. The van der Waals surface area contributed by atoms with Gasteiger partial charge in [0.05, 0.1) is 6.61 Å². The number of esters is 1. The van der Waals surface area contributed by atoms with E-state index in [0.717, 1.165) is 13.1 Å². The highest BCUT2D eigenvalue weighted by atomic mass is 16.5. The van der Waals surface area contributed by atoms with Gasteiger partial charge in [0.15, 0.2) is 0 Å². The molecule has 0 saturated carbocycles. The van der Waals surface area contributed by atoms with Crippen LogP contribution >= 0.6 is 0 Å². The summed E-state index contributed by atoms with van der Waals surface area (Å²) in [5, 5.41) is 0. The zero-order valence-corrected chi connectivity index (χ0v) is 13.4. The molecule has 0 aliphatic carbocycles. The van der Waals surface area contributed by atoms with E-state index in [4.69, 9.17) is 10.5 Å². The van der Waals surface area contributed by atoms with Crippen LogP contribution in [0.3, 0.4) is 0 Å². The van der Waals surface area contributed by atoms with Crippen LogP contribution in [0.15, 0.2) is 42.1 Å². The number of hydrogen-bond acceptors (Lipinski definition) is 4. The fourth-order valence-corrected chi connectivity index (χ4v) is 2.22. The Morgan fingerprint density at radius 2 is 1.95 bits per heavy atom. The normalized spacial score (nSPS) is 12.5. The lowest BCUT2D eigenvalue weighted by atomic mass is 9.94. The Balaban J connectivity index is 2.44. The second-order valence-corrected chi connectivity index (χ2v) is 6.32. The summed E-state index contributed by atoms with van der Waals surface area (Å²) < 4.78 is 5.25. The predicted molar refractivity (Wildman–Crippen MR) is 85.5 cm³/mol. The number of rotatable bonds is 7. The molecule has 0 fully saturated rings. The fraction of sp³-hybridized carbons (Fsp3) is 0.471. The Morgan fingerprint density at radius 1 is 1.33 bits per heavy atom. The third kappa shape index (κ3) is 7.51. The molecular formula is C17H26N2O2. The molecule has 0 bridgehead atoms. The number of ether oxygens (including phenoxy) is 1. The topological polar surface area (TPSA) is 55.6 Å². The molecule has 1 aromatic carbocycles. The summed E-state index contributed by atoms with van der Waals surface area (Å²) in [6.07, 6.45) is 1.31. The van der Waals surface area contributed by atoms with E-state index < -0.39 is 0 Å². The van der Waals surface area contributed by atoms with Crippen LogP contribution in [0.5, 0.6) is 0 Å². The van der Waals surface area contributed by atoms with E-state index in [2.05, 4.69) is 37.9 Å². The average molecular weight is 290 g/mol. The number of nitrogens with two attached hydrogens (primary N) is 1. The summed E-state index contributed by atoms with van der Waals surface area (Å²) in [7, 11) is 2.07. The Morgan fingerprint density at radius 3 is 2.52 bits per heavy atom. The quantitative estimate of drug-likeness (QED) is 0.619. The van der Waals surface area contributed by atoms with E-state index in [1.165, 1.54) is 11.6 Å². The van der Waals surface area contributed by atoms with Crippen LogP contribution in [0.1, 0.15) is 26.3 Å². The van der Waals surface area contributed by atoms with E-state index in [0.29, 0.717) is 12.3 Å². The highest BCUT2D eigenvalue weighted by Crippen LogP contribution is 2.18. The van der Waals surface area contributed by atoms with Crippen LogP contribution in [0, 0.1) is 5.41 Å². The molecule has 0 unspecified atom stereocenters. The van der Waals surface area contributed by atoms with Gasteiger partial charge in [0.25, 0.3) is 0 Å². The molecule has 2 N–H and O–H groups in total. The van der Waals surface area contributed by atoms with E-state index in [-0.39, 0.29) is 11.4 Å². The summed E-state index contributed by atoms with van der Waals surface area (Å²) in [5.41, 5.74) is 7.07. The van der Waals surface area contributed by atoms with Crippen LogP contribution in [0.4, 0.5) is 0 Å². The second kappa shape index (κ2) is 7.84. The van der Waals surface area contributed by atoms with Gasteiger partial charge in [-0.15, -0.1) is 0 Å². The van der Waals surface area contributed by atoms with Gasteiger partial charge in [-0.3, -0.25) is 0 Å². The molecule has 0 heterocycles. The standard InChI is InChI=1S/C17H26N2O2/c1-14(18)10-16(20)21-13-17(2,3)12-19(4)11-15-8-6-5-7-9-15/h5-10H,11-13,18H2,1-4H3/b14-10+. The molecule has 4 nitrogen and oxygen atoms in total. The van der Waals surface area contributed by atoms with Gasteiger partial charge in [-0.2, -0.15) is 0 Å². The van der Waals surface area contributed by atoms with Crippen LogP contribution in [-0.4, -0.2) is 31.1 Å². The summed E-state index contributed by atoms with van der Waals surface area (Å²) in [5.74, 6) is -0.381. The maximum atomic E-state index is 11.5. The lowest BCUT2D eigenvalue weighted by molar-refractivity contribution is -0.141. The van der Waals surface area contributed by atoms with Crippen LogP contribution in [0.25, 0.3) is 0 Å². The second-order valence-electron chi connectivity index (χ2n) is 6.32. The van der Waals surface area contributed by atoms with Gasteiger partial charge in [-0.05, 0) is 19.5 Å². The van der Waals surface area contributed by atoms with Gasteiger partial charge in [0, 0.05) is 30.3 Å². The number of carbonyl (C=O) groups excluding carboxylic acids is 1. The molecule has 0 aliphatic rings. The van der Waals surface area contributed by atoms with Crippen molar-refractivity contribution in [3.8, 4) is 0 Å². The minimum atomic E-state index is -0.381. The molecule has 0 aromatic heterocycles. The Kier molecular flexibility index (Phi) is 6.43. The molecule has 0 spiro atoms. The Bertz CT molecular complexity index is 477. The van der Waals surface area contributed by atoms with Gasteiger partial charge < -0.3 is 15.4 Å². The molecule has 0 radical (unpaired) electrons. The van der Waals surface area contributed by atoms with Crippen molar-refractivity contribution in [2.24, 2.45) is 11.1 Å². The summed E-state index contributed by atoms with van der Waals surface area (Å²) in [6.45, 7) is 7.91. The van der Waals surface area contributed by atoms with Crippen molar-refractivity contribution in [2.75, 3.05) is 20.2 Å². The summed E-state index contributed by atoms with van der Waals surface area (Å²) in [4.78, 5) is 13.7. The lowest BCUT2D eigenvalue weighted by Crippen LogP contribution is -2.35. The molecule has 4 heteroatoms. The molecule has 1 rings (SSSR count). The number of hydrogen-bond donors (Lipinski definition) is 1. The lowest BCUT2D eigenvalue weighted by Gasteiger charge is -2.29. The number of allylic oxidation sites excluding steroid dienone is 1. The molecule has 116 valence electrons. The monoisotopic (exact) mass is 290 g/mol. The largest absolute Gasteiger partial charge is 0.462 e. The minimum Gasteiger partial charge on any atom is -0.462 e. The molecule has 0 saturated heterocycles. The minimum absolute atomic E-state index is 0.116. The van der Waals surface area contributed by atoms with Crippen molar-refractivity contribution in [3.05, 3.63) is 47.7 Å². The Hall–Kier alpha value is -1.81. The van der Waals surface area contributed by atoms with E-state index >= 15 is 0 Å². The van der Waals surface area contributed by atoms with Gasteiger partial charge in [-0.25, -0.2) is 4.79 Å². The van der Waals surface area contributed by atoms with Crippen LogP contribution in [-0.2, 0) is 16.1 Å². The number of carbonyl (C=O) groups is 1. The third-order valence-corrected chi connectivity index (χ3v) is 2.94.